The minimum Gasteiger partial charge on any atom is -0.481 e. The summed E-state index contributed by atoms with van der Waals surface area (Å²) in [4.78, 5) is 12.8. The molecule has 0 aromatic heterocycles. The molecule has 1 fully saturated rings. The number of rotatable bonds is 4. The van der Waals surface area contributed by atoms with Crippen LogP contribution in [0.2, 0.25) is 0 Å². The molecule has 0 unspecified atom stereocenters. The third kappa shape index (κ3) is 1.78. The van der Waals surface area contributed by atoms with Gasteiger partial charge < -0.3 is 5.11 Å². The summed E-state index contributed by atoms with van der Waals surface area (Å²) in [6.07, 6.45) is 2.26. The van der Waals surface area contributed by atoms with Crippen LogP contribution in [-0.2, 0) is 4.79 Å². The summed E-state index contributed by atoms with van der Waals surface area (Å²) in [5, 5.41) is 8.65. The molecule has 0 aromatic rings. The third-order valence-electron chi connectivity index (χ3n) is 2.72. The van der Waals surface area contributed by atoms with E-state index in [9.17, 15) is 4.79 Å². The molecule has 1 saturated heterocycles. The van der Waals surface area contributed by atoms with Crippen LogP contribution >= 0.6 is 0 Å². The lowest BCUT2D eigenvalue weighted by Gasteiger charge is -2.41. The smallest absolute Gasteiger partial charge is 0.309 e. The highest BCUT2D eigenvalue weighted by Crippen LogP contribution is 2.21. The van der Waals surface area contributed by atoms with Crippen molar-refractivity contribution < 1.29 is 9.90 Å². The molecular formula is C9H17NO2. The molecule has 1 rings (SSSR count). The van der Waals surface area contributed by atoms with E-state index in [1.165, 1.54) is 0 Å². The number of carboxylic acids is 1. The Morgan fingerprint density at radius 2 is 2.00 bits per heavy atom. The predicted molar refractivity (Wildman–Crippen MR) is 47.1 cm³/mol. The zero-order chi connectivity index (χ0) is 9.14. The molecule has 0 atom stereocenters. The number of carbonyl (C=O) groups is 1. The monoisotopic (exact) mass is 171 g/mol. The summed E-state index contributed by atoms with van der Waals surface area (Å²) in [7, 11) is 0. The first kappa shape index (κ1) is 9.52. The summed E-state index contributed by atoms with van der Waals surface area (Å²) in [5.41, 5.74) is 0. The van der Waals surface area contributed by atoms with Gasteiger partial charge in [-0.3, -0.25) is 9.69 Å². The first-order chi connectivity index (χ1) is 5.69. The topological polar surface area (TPSA) is 40.5 Å². The Morgan fingerprint density at radius 1 is 1.50 bits per heavy atom. The van der Waals surface area contributed by atoms with Crippen LogP contribution in [0.25, 0.3) is 0 Å². The van der Waals surface area contributed by atoms with Crippen molar-refractivity contribution in [3.05, 3.63) is 0 Å². The summed E-state index contributed by atoms with van der Waals surface area (Å²) >= 11 is 0. The van der Waals surface area contributed by atoms with Gasteiger partial charge in [-0.2, -0.15) is 0 Å². The van der Waals surface area contributed by atoms with Crippen molar-refractivity contribution in [3.63, 3.8) is 0 Å². The Labute approximate surface area is 73.4 Å². The summed E-state index contributed by atoms with van der Waals surface area (Å²) in [6.45, 7) is 5.81. The maximum absolute atomic E-state index is 10.5. The molecule has 12 heavy (non-hydrogen) atoms. The molecule has 0 spiro atoms. The number of likely N-dealkylation sites (tertiary alicyclic amines) is 1. The Balaban J connectivity index is 2.28. The van der Waals surface area contributed by atoms with Crippen LogP contribution in [0.5, 0.6) is 0 Å². The summed E-state index contributed by atoms with van der Waals surface area (Å²) in [6, 6.07) is 0.598. The van der Waals surface area contributed by atoms with Gasteiger partial charge in [-0.25, -0.2) is 0 Å². The molecule has 3 nitrogen and oxygen atoms in total. The van der Waals surface area contributed by atoms with Gasteiger partial charge in [0.15, 0.2) is 0 Å². The molecule has 1 aliphatic rings. The van der Waals surface area contributed by atoms with Crippen LogP contribution in [0.3, 0.4) is 0 Å². The van der Waals surface area contributed by atoms with E-state index < -0.39 is 5.97 Å². The quantitative estimate of drug-likeness (QED) is 0.690. The largest absolute Gasteiger partial charge is 0.481 e. The standard InChI is InChI=1S/C9H17NO2/c1-3-8(4-2)10-5-7(6-10)9(11)12/h7-8H,3-6H2,1-2H3,(H,11,12). The van der Waals surface area contributed by atoms with Crippen LogP contribution < -0.4 is 0 Å². The van der Waals surface area contributed by atoms with Gasteiger partial charge in [-0.05, 0) is 12.8 Å². The summed E-state index contributed by atoms with van der Waals surface area (Å²) in [5.74, 6) is -0.747. The SMILES string of the molecule is CCC(CC)N1CC(C(=O)O)C1. The lowest BCUT2D eigenvalue weighted by atomic mass is 9.96. The second kappa shape index (κ2) is 3.90. The maximum atomic E-state index is 10.5. The molecule has 3 heteroatoms. The minimum atomic E-state index is -0.641. The van der Waals surface area contributed by atoms with E-state index in [0.29, 0.717) is 6.04 Å². The fraction of sp³-hybridized carbons (Fsp3) is 0.889. The Morgan fingerprint density at radius 3 is 2.33 bits per heavy atom. The van der Waals surface area contributed by atoms with Gasteiger partial charge in [0.05, 0.1) is 5.92 Å². The van der Waals surface area contributed by atoms with Crippen molar-refractivity contribution in [3.8, 4) is 0 Å². The van der Waals surface area contributed by atoms with Crippen LogP contribution in [0.1, 0.15) is 26.7 Å². The lowest BCUT2D eigenvalue weighted by Crippen LogP contribution is -2.54. The van der Waals surface area contributed by atoms with Crippen molar-refractivity contribution >= 4 is 5.97 Å². The molecule has 0 saturated carbocycles. The van der Waals surface area contributed by atoms with E-state index in [4.69, 9.17) is 5.11 Å². The highest BCUT2D eigenvalue weighted by atomic mass is 16.4. The van der Waals surface area contributed by atoms with Crippen molar-refractivity contribution in [2.24, 2.45) is 5.92 Å². The van der Waals surface area contributed by atoms with E-state index in [1.54, 1.807) is 0 Å². The second-order valence-corrected chi connectivity index (χ2v) is 3.46. The molecule has 0 amide bonds. The fourth-order valence-electron chi connectivity index (χ4n) is 1.77. The second-order valence-electron chi connectivity index (χ2n) is 3.46. The molecule has 1 N–H and O–H groups in total. The molecular weight excluding hydrogens is 154 g/mol. The molecule has 1 heterocycles. The highest BCUT2D eigenvalue weighted by Gasteiger charge is 2.35. The van der Waals surface area contributed by atoms with Gasteiger partial charge in [0, 0.05) is 19.1 Å². The van der Waals surface area contributed by atoms with Crippen LogP contribution in [0, 0.1) is 5.92 Å². The van der Waals surface area contributed by atoms with Crippen molar-refractivity contribution in [2.45, 2.75) is 32.7 Å². The first-order valence-electron chi connectivity index (χ1n) is 4.65. The minimum absolute atomic E-state index is 0.106. The van der Waals surface area contributed by atoms with Gasteiger partial charge in [0.25, 0.3) is 0 Å². The van der Waals surface area contributed by atoms with Gasteiger partial charge in [-0.15, -0.1) is 0 Å². The van der Waals surface area contributed by atoms with Crippen molar-refractivity contribution in [1.82, 2.24) is 4.90 Å². The Bertz CT molecular complexity index is 160. The van der Waals surface area contributed by atoms with Crippen molar-refractivity contribution in [1.29, 1.82) is 0 Å². The lowest BCUT2D eigenvalue weighted by molar-refractivity contribution is -0.148. The average Bonchev–Trinajstić information content (AvgIpc) is 1.94. The Kier molecular flexibility index (Phi) is 3.09. The fourth-order valence-corrected chi connectivity index (χ4v) is 1.77. The Hall–Kier alpha value is -0.570. The molecule has 0 radical (unpaired) electrons. The van der Waals surface area contributed by atoms with Gasteiger partial charge in [0.1, 0.15) is 0 Å². The van der Waals surface area contributed by atoms with E-state index in [-0.39, 0.29) is 5.92 Å². The molecule has 70 valence electrons. The number of carboxylic acid groups (broad SMARTS) is 1. The van der Waals surface area contributed by atoms with E-state index >= 15 is 0 Å². The van der Waals surface area contributed by atoms with E-state index in [0.717, 1.165) is 25.9 Å². The van der Waals surface area contributed by atoms with Gasteiger partial charge >= 0.3 is 5.97 Å². The molecule has 1 aliphatic heterocycles. The number of hydrogen-bond acceptors (Lipinski definition) is 2. The molecule has 0 aromatic carbocycles. The molecule has 0 bridgehead atoms. The highest BCUT2D eigenvalue weighted by molar-refractivity contribution is 5.71. The van der Waals surface area contributed by atoms with Crippen molar-refractivity contribution in [2.75, 3.05) is 13.1 Å². The van der Waals surface area contributed by atoms with Crippen LogP contribution in [0.15, 0.2) is 0 Å². The van der Waals surface area contributed by atoms with E-state index in [2.05, 4.69) is 18.7 Å². The summed E-state index contributed by atoms with van der Waals surface area (Å²) < 4.78 is 0. The van der Waals surface area contributed by atoms with Gasteiger partial charge in [-0.1, -0.05) is 13.8 Å². The van der Waals surface area contributed by atoms with Crippen LogP contribution in [-0.4, -0.2) is 35.1 Å². The van der Waals surface area contributed by atoms with Gasteiger partial charge in [0.2, 0.25) is 0 Å². The third-order valence-corrected chi connectivity index (χ3v) is 2.72. The number of aliphatic carboxylic acids is 1. The number of hydrogen-bond donors (Lipinski definition) is 1. The predicted octanol–water partition coefficient (Wildman–Crippen LogP) is 1.19. The van der Waals surface area contributed by atoms with Crippen LogP contribution in [0.4, 0.5) is 0 Å². The zero-order valence-corrected chi connectivity index (χ0v) is 7.79. The number of nitrogens with zero attached hydrogens (tertiary/aromatic N) is 1. The van der Waals surface area contributed by atoms with E-state index in [1.807, 2.05) is 0 Å². The maximum Gasteiger partial charge on any atom is 0.309 e. The zero-order valence-electron chi connectivity index (χ0n) is 7.79. The molecule has 0 aliphatic carbocycles. The normalized spacial score (nSPS) is 19.6. The first-order valence-corrected chi connectivity index (χ1v) is 4.65. The average molecular weight is 171 g/mol.